The van der Waals surface area contributed by atoms with E-state index >= 15 is 0 Å². The maximum Gasteiger partial charge on any atom is 0.0397 e. The van der Waals surface area contributed by atoms with Gasteiger partial charge in [0, 0.05) is 31.2 Å². The minimum absolute atomic E-state index is 0.598. The van der Waals surface area contributed by atoms with Crippen LogP contribution in [0.25, 0.3) is 0 Å². The summed E-state index contributed by atoms with van der Waals surface area (Å²) in [4.78, 5) is 6.43. The summed E-state index contributed by atoms with van der Waals surface area (Å²) in [7, 11) is 2.17. The molecule has 1 fully saturated rings. The Morgan fingerprint density at radius 2 is 2.00 bits per heavy atom. The Bertz CT molecular complexity index is 312. The van der Waals surface area contributed by atoms with Crippen molar-refractivity contribution in [3.63, 3.8) is 0 Å². The topological polar surface area (TPSA) is 42.2 Å². The van der Waals surface area contributed by atoms with Crippen LogP contribution in [0.3, 0.4) is 0 Å². The fourth-order valence-electron chi connectivity index (χ4n) is 2.74. The van der Waals surface area contributed by atoms with Crippen LogP contribution in [0.2, 0.25) is 0 Å². The third-order valence-corrected chi connectivity index (χ3v) is 3.74. The van der Waals surface area contributed by atoms with Gasteiger partial charge in [-0.2, -0.15) is 0 Å². The zero-order valence-corrected chi connectivity index (χ0v) is 9.97. The molecule has 1 saturated carbocycles. The molecule has 2 atom stereocenters. The molecule has 1 aromatic rings. The highest BCUT2D eigenvalue weighted by Crippen LogP contribution is 2.29. The highest BCUT2D eigenvalue weighted by Gasteiger charge is 2.27. The van der Waals surface area contributed by atoms with E-state index in [1.54, 1.807) is 0 Å². The van der Waals surface area contributed by atoms with Gasteiger partial charge in [-0.25, -0.2) is 0 Å². The van der Waals surface area contributed by atoms with Gasteiger partial charge in [0.2, 0.25) is 0 Å². The van der Waals surface area contributed by atoms with E-state index < -0.39 is 0 Å². The van der Waals surface area contributed by atoms with Crippen LogP contribution in [-0.2, 0) is 0 Å². The predicted octanol–water partition coefficient (Wildman–Crippen LogP) is 2.04. The van der Waals surface area contributed by atoms with E-state index in [2.05, 4.69) is 29.1 Å². The molecule has 0 aliphatic heterocycles. The number of anilines is 1. The van der Waals surface area contributed by atoms with Crippen molar-refractivity contribution in [3.8, 4) is 0 Å². The molecular weight excluding hydrogens is 198 g/mol. The number of hydrogen-bond acceptors (Lipinski definition) is 3. The quantitative estimate of drug-likeness (QED) is 0.846. The Hall–Kier alpha value is -1.09. The largest absolute Gasteiger partial charge is 0.371 e. The minimum Gasteiger partial charge on any atom is -0.371 e. The lowest BCUT2D eigenvalue weighted by Crippen LogP contribution is -2.43. The standard InChI is InChI=1S/C13H21N3/c1-16(12-6-8-15-9-7-12)13-5-3-2-4-11(13)10-14/h6-9,11,13H,2-5,10,14H2,1H3. The van der Waals surface area contributed by atoms with Crippen molar-refractivity contribution >= 4 is 5.69 Å². The Morgan fingerprint density at radius 3 is 2.69 bits per heavy atom. The molecule has 1 aliphatic carbocycles. The predicted molar refractivity (Wildman–Crippen MR) is 67.4 cm³/mol. The molecule has 2 rings (SSSR count). The number of nitrogens with zero attached hydrogens (tertiary/aromatic N) is 2. The molecule has 2 unspecified atom stereocenters. The molecule has 88 valence electrons. The third-order valence-electron chi connectivity index (χ3n) is 3.74. The van der Waals surface area contributed by atoms with E-state index in [-0.39, 0.29) is 0 Å². The molecule has 0 saturated heterocycles. The van der Waals surface area contributed by atoms with Gasteiger partial charge in [-0.15, -0.1) is 0 Å². The van der Waals surface area contributed by atoms with Gasteiger partial charge in [-0.3, -0.25) is 4.98 Å². The summed E-state index contributed by atoms with van der Waals surface area (Å²) < 4.78 is 0. The molecule has 1 heterocycles. The SMILES string of the molecule is CN(c1ccncc1)C1CCCCC1CN. The average Bonchev–Trinajstić information content (AvgIpc) is 2.39. The summed E-state index contributed by atoms with van der Waals surface area (Å²) in [5, 5.41) is 0. The minimum atomic E-state index is 0.598. The molecule has 0 aromatic carbocycles. The first-order valence-corrected chi connectivity index (χ1v) is 6.16. The Morgan fingerprint density at radius 1 is 1.31 bits per heavy atom. The van der Waals surface area contributed by atoms with Crippen LogP contribution >= 0.6 is 0 Å². The van der Waals surface area contributed by atoms with E-state index in [0.717, 1.165) is 6.54 Å². The van der Waals surface area contributed by atoms with Crippen molar-refractivity contribution in [2.45, 2.75) is 31.7 Å². The molecular formula is C13H21N3. The summed E-state index contributed by atoms with van der Waals surface area (Å²) in [5.74, 6) is 0.645. The number of nitrogens with two attached hydrogens (primary N) is 1. The molecule has 0 spiro atoms. The van der Waals surface area contributed by atoms with Gasteiger partial charge in [0.05, 0.1) is 0 Å². The van der Waals surface area contributed by atoms with Crippen molar-refractivity contribution < 1.29 is 0 Å². The maximum absolute atomic E-state index is 5.87. The van der Waals surface area contributed by atoms with Gasteiger partial charge in [0.25, 0.3) is 0 Å². The molecule has 2 N–H and O–H groups in total. The average molecular weight is 219 g/mol. The Kier molecular flexibility index (Phi) is 3.78. The van der Waals surface area contributed by atoms with Crippen LogP contribution in [0.15, 0.2) is 24.5 Å². The van der Waals surface area contributed by atoms with Crippen molar-refractivity contribution in [3.05, 3.63) is 24.5 Å². The Balaban J connectivity index is 2.10. The number of pyridine rings is 1. The van der Waals surface area contributed by atoms with Crippen LogP contribution in [0.5, 0.6) is 0 Å². The third kappa shape index (κ3) is 2.35. The first-order valence-electron chi connectivity index (χ1n) is 6.16. The lowest BCUT2D eigenvalue weighted by atomic mass is 9.83. The van der Waals surface area contributed by atoms with E-state index in [0.29, 0.717) is 12.0 Å². The smallest absolute Gasteiger partial charge is 0.0397 e. The molecule has 0 bridgehead atoms. The second-order valence-electron chi connectivity index (χ2n) is 4.66. The molecule has 16 heavy (non-hydrogen) atoms. The molecule has 3 nitrogen and oxygen atoms in total. The van der Waals surface area contributed by atoms with Gasteiger partial charge < -0.3 is 10.6 Å². The van der Waals surface area contributed by atoms with E-state index in [1.807, 2.05) is 12.4 Å². The van der Waals surface area contributed by atoms with Crippen molar-refractivity contribution in [1.82, 2.24) is 4.98 Å². The summed E-state index contributed by atoms with van der Waals surface area (Å²) in [6.45, 7) is 0.806. The lowest BCUT2D eigenvalue weighted by Gasteiger charge is -2.38. The first-order chi connectivity index (χ1) is 7.83. The fourth-order valence-corrected chi connectivity index (χ4v) is 2.74. The van der Waals surface area contributed by atoms with E-state index in [9.17, 15) is 0 Å². The second-order valence-corrected chi connectivity index (χ2v) is 4.66. The monoisotopic (exact) mass is 219 g/mol. The maximum atomic E-state index is 5.87. The van der Waals surface area contributed by atoms with E-state index in [1.165, 1.54) is 31.4 Å². The van der Waals surface area contributed by atoms with Crippen molar-refractivity contribution in [2.24, 2.45) is 11.7 Å². The van der Waals surface area contributed by atoms with Crippen molar-refractivity contribution in [2.75, 3.05) is 18.5 Å². The van der Waals surface area contributed by atoms with Crippen LogP contribution < -0.4 is 10.6 Å². The van der Waals surface area contributed by atoms with Crippen LogP contribution in [0, 0.1) is 5.92 Å². The fraction of sp³-hybridized carbons (Fsp3) is 0.615. The number of rotatable bonds is 3. The molecule has 1 aliphatic rings. The van der Waals surface area contributed by atoms with Gasteiger partial charge in [-0.05, 0) is 37.4 Å². The zero-order chi connectivity index (χ0) is 11.4. The van der Waals surface area contributed by atoms with Crippen LogP contribution in [-0.4, -0.2) is 24.6 Å². The first kappa shape index (κ1) is 11.4. The highest BCUT2D eigenvalue weighted by molar-refractivity contribution is 5.45. The number of aromatic nitrogens is 1. The Labute approximate surface area is 97.7 Å². The number of hydrogen-bond donors (Lipinski definition) is 1. The summed E-state index contributed by atoms with van der Waals surface area (Å²) >= 11 is 0. The molecule has 3 heteroatoms. The van der Waals surface area contributed by atoms with Gasteiger partial charge in [0.1, 0.15) is 0 Å². The summed E-state index contributed by atoms with van der Waals surface area (Å²) in [6.07, 6.45) is 8.91. The summed E-state index contributed by atoms with van der Waals surface area (Å²) in [6, 6.07) is 4.74. The van der Waals surface area contributed by atoms with Crippen molar-refractivity contribution in [1.29, 1.82) is 0 Å². The molecule has 1 aromatic heterocycles. The van der Waals surface area contributed by atoms with Gasteiger partial charge >= 0.3 is 0 Å². The zero-order valence-electron chi connectivity index (χ0n) is 9.97. The van der Waals surface area contributed by atoms with Crippen LogP contribution in [0.4, 0.5) is 5.69 Å². The lowest BCUT2D eigenvalue weighted by molar-refractivity contribution is 0.306. The highest BCUT2D eigenvalue weighted by atomic mass is 15.1. The van der Waals surface area contributed by atoms with Gasteiger partial charge in [0.15, 0.2) is 0 Å². The summed E-state index contributed by atoms with van der Waals surface area (Å²) in [5.41, 5.74) is 7.12. The van der Waals surface area contributed by atoms with Gasteiger partial charge in [-0.1, -0.05) is 12.8 Å². The molecule has 0 amide bonds. The normalized spacial score (nSPS) is 25.4. The second kappa shape index (κ2) is 5.30. The van der Waals surface area contributed by atoms with Crippen LogP contribution in [0.1, 0.15) is 25.7 Å². The molecule has 0 radical (unpaired) electrons. The van der Waals surface area contributed by atoms with E-state index in [4.69, 9.17) is 5.73 Å².